The van der Waals surface area contributed by atoms with Crippen LogP contribution in [-0.2, 0) is 11.3 Å². The minimum absolute atomic E-state index is 0.150. The van der Waals surface area contributed by atoms with Gasteiger partial charge in [0.2, 0.25) is 5.91 Å². The molecule has 2 aromatic rings. The highest BCUT2D eigenvalue weighted by molar-refractivity contribution is 5.95. The van der Waals surface area contributed by atoms with Crippen LogP contribution in [0.25, 0.3) is 0 Å². The van der Waals surface area contributed by atoms with E-state index in [0.29, 0.717) is 17.0 Å². The molecule has 2 amide bonds. The molecule has 0 aliphatic carbocycles. The van der Waals surface area contributed by atoms with Crippen molar-refractivity contribution in [2.45, 2.75) is 20.4 Å². The average Bonchev–Trinajstić information content (AvgIpc) is 2.82. The number of carbonyl (C=O) groups excluding carboxylic acids is 2. The highest BCUT2D eigenvalue weighted by atomic mass is 16.3. The minimum atomic E-state index is -0.213. The molecule has 1 aromatic heterocycles. The van der Waals surface area contributed by atoms with Crippen LogP contribution in [0, 0.1) is 6.92 Å². The quantitative estimate of drug-likeness (QED) is 0.890. The highest BCUT2D eigenvalue weighted by Crippen LogP contribution is 2.10. The van der Waals surface area contributed by atoms with E-state index in [9.17, 15) is 9.59 Å². The average molecular weight is 273 g/mol. The SMILES string of the molecule is CC(=O)Nc1ccc(C(=O)NCc2ocnc2C)cc1. The summed E-state index contributed by atoms with van der Waals surface area (Å²) >= 11 is 0. The molecular weight excluding hydrogens is 258 g/mol. The number of rotatable bonds is 4. The first-order chi connectivity index (χ1) is 9.56. The number of hydrogen-bond acceptors (Lipinski definition) is 4. The Hall–Kier alpha value is -2.63. The summed E-state index contributed by atoms with van der Waals surface area (Å²) in [5, 5.41) is 5.38. The maximum Gasteiger partial charge on any atom is 0.251 e. The summed E-state index contributed by atoms with van der Waals surface area (Å²) in [6.07, 6.45) is 1.35. The summed E-state index contributed by atoms with van der Waals surface area (Å²) in [4.78, 5) is 26.8. The third kappa shape index (κ3) is 3.44. The van der Waals surface area contributed by atoms with E-state index in [1.165, 1.54) is 13.3 Å². The number of oxazole rings is 1. The van der Waals surface area contributed by atoms with Gasteiger partial charge >= 0.3 is 0 Å². The summed E-state index contributed by atoms with van der Waals surface area (Å²) in [7, 11) is 0. The van der Waals surface area contributed by atoms with Crippen LogP contribution in [0.4, 0.5) is 5.69 Å². The minimum Gasteiger partial charge on any atom is -0.446 e. The van der Waals surface area contributed by atoms with Crippen LogP contribution >= 0.6 is 0 Å². The number of nitrogens with one attached hydrogen (secondary N) is 2. The van der Waals surface area contributed by atoms with Gasteiger partial charge < -0.3 is 15.1 Å². The molecule has 0 radical (unpaired) electrons. The van der Waals surface area contributed by atoms with Crippen LogP contribution in [0.5, 0.6) is 0 Å². The van der Waals surface area contributed by atoms with Gasteiger partial charge in [0.1, 0.15) is 5.76 Å². The van der Waals surface area contributed by atoms with E-state index < -0.39 is 0 Å². The fourth-order valence-electron chi connectivity index (χ4n) is 1.67. The van der Waals surface area contributed by atoms with E-state index in [-0.39, 0.29) is 18.4 Å². The van der Waals surface area contributed by atoms with Gasteiger partial charge in [0.05, 0.1) is 12.2 Å². The van der Waals surface area contributed by atoms with E-state index >= 15 is 0 Å². The Morgan fingerprint density at radius 1 is 1.25 bits per heavy atom. The van der Waals surface area contributed by atoms with Crippen LogP contribution < -0.4 is 10.6 Å². The molecule has 1 aromatic carbocycles. The molecule has 0 aliphatic rings. The lowest BCUT2D eigenvalue weighted by Gasteiger charge is -2.05. The zero-order valence-corrected chi connectivity index (χ0v) is 11.3. The van der Waals surface area contributed by atoms with Gasteiger partial charge in [-0.3, -0.25) is 9.59 Å². The predicted octanol–water partition coefficient (Wildman–Crippen LogP) is 1.87. The largest absolute Gasteiger partial charge is 0.446 e. The molecule has 0 bridgehead atoms. The maximum absolute atomic E-state index is 11.9. The number of aromatic nitrogens is 1. The number of benzene rings is 1. The Morgan fingerprint density at radius 2 is 1.95 bits per heavy atom. The molecule has 0 unspecified atom stereocenters. The van der Waals surface area contributed by atoms with Crippen LogP contribution in [0.3, 0.4) is 0 Å². The summed E-state index contributed by atoms with van der Waals surface area (Å²) in [5.74, 6) is 0.270. The van der Waals surface area contributed by atoms with Gasteiger partial charge in [0.15, 0.2) is 6.39 Å². The van der Waals surface area contributed by atoms with Crippen molar-refractivity contribution in [1.82, 2.24) is 10.3 Å². The molecule has 1 heterocycles. The molecule has 0 saturated carbocycles. The van der Waals surface area contributed by atoms with Crippen LogP contribution in [0.1, 0.15) is 28.7 Å². The number of anilines is 1. The Morgan fingerprint density at radius 3 is 2.50 bits per heavy atom. The van der Waals surface area contributed by atoms with Crippen LogP contribution in [0.2, 0.25) is 0 Å². The van der Waals surface area contributed by atoms with Crippen molar-refractivity contribution in [3.63, 3.8) is 0 Å². The summed E-state index contributed by atoms with van der Waals surface area (Å²) in [5.41, 5.74) is 1.92. The summed E-state index contributed by atoms with van der Waals surface area (Å²) in [6, 6.07) is 6.65. The topological polar surface area (TPSA) is 84.2 Å². The lowest BCUT2D eigenvalue weighted by atomic mass is 10.2. The van der Waals surface area contributed by atoms with E-state index in [0.717, 1.165) is 5.69 Å². The highest BCUT2D eigenvalue weighted by Gasteiger charge is 2.08. The molecule has 6 nitrogen and oxygen atoms in total. The van der Waals surface area contributed by atoms with Gasteiger partial charge in [-0.2, -0.15) is 0 Å². The van der Waals surface area contributed by atoms with Crippen molar-refractivity contribution in [3.05, 3.63) is 47.7 Å². The first-order valence-corrected chi connectivity index (χ1v) is 6.11. The first kappa shape index (κ1) is 13.8. The maximum atomic E-state index is 11.9. The molecule has 0 saturated heterocycles. The zero-order valence-electron chi connectivity index (χ0n) is 11.3. The standard InChI is InChI=1S/C14H15N3O3/c1-9-13(20-8-16-9)7-15-14(19)11-3-5-12(6-4-11)17-10(2)18/h3-6,8H,7H2,1-2H3,(H,15,19)(H,17,18). The van der Waals surface area contributed by atoms with Crippen molar-refractivity contribution >= 4 is 17.5 Å². The first-order valence-electron chi connectivity index (χ1n) is 6.11. The van der Waals surface area contributed by atoms with Gasteiger partial charge in [-0.1, -0.05) is 0 Å². The summed E-state index contributed by atoms with van der Waals surface area (Å²) < 4.78 is 5.14. The van der Waals surface area contributed by atoms with Crippen LogP contribution in [0.15, 0.2) is 35.1 Å². The van der Waals surface area contributed by atoms with Gasteiger partial charge in [0.25, 0.3) is 5.91 Å². The van der Waals surface area contributed by atoms with Crippen LogP contribution in [-0.4, -0.2) is 16.8 Å². The molecule has 0 atom stereocenters. The monoisotopic (exact) mass is 273 g/mol. The smallest absolute Gasteiger partial charge is 0.251 e. The Labute approximate surface area is 116 Å². The molecule has 0 fully saturated rings. The molecule has 6 heteroatoms. The molecule has 0 spiro atoms. The Bertz CT molecular complexity index is 617. The fourth-order valence-corrected chi connectivity index (χ4v) is 1.67. The predicted molar refractivity (Wildman–Crippen MR) is 73.2 cm³/mol. The number of aryl methyl sites for hydroxylation is 1. The van der Waals surface area contributed by atoms with Gasteiger partial charge in [-0.25, -0.2) is 4.98 Å². The fraction of sp³-hybridized carbons (Fsp3) is 0.214. The molecule has 0 aliphatic heterocycles. The Kier molecular flexibility index (Phi) is 4.14. The van der Waals surface area contributed by atoms with Crippen molar-refractivity contribution in [3.8, 4) is 0 Å². The van der Waals surface area contributed by atoms with E-state index in [4.69, 9.17) is 4.42 Å². The van der Waals surface area contributed by atoms with Gasteiger partial charge in [0, 0.05) is 18.2 Å². The van der Waals surface area contributed by atoms with Gasteiger partial charge in [-0.15, -0.1) is 0 Å². The second kappa shape index (κ2) is 6.01. The molecular formula is C14H15N3O3. The summed E-state index contributed by atoms with van der Waals surface area (Å²) in [6.45, 7) is 3.53. The van der Waals surface area contributed by atoms with Crippen molar-refractivity contribution in [2.75, 3.05) is 5.32 Å². The zero-order chi connectivity index (χ0) is 14.5. The van der Waals surface area contributed by atoms with E-state index in [1.54, 1.807) is 24.3 Å². The van der Waals surface area contributed by atoms with Gasteiger partial charge in [-0.05, 0) is 31.2 Å². The van der Waals surface area contributed by atoms with Crippen molar-refractivity contribution < 1.29 is 14.0 Å². The lowest BCUT2D eigenvalue weighted by Crippen LogP contribution is -2.22. The second-order valence-electron chi connectivity index (χ2n) is 4.30. The molecule has 2 N–H and O–H groups in total. The third-order valence-electron chi connectivity index (χ3n) is 2.72. The van der Waals surface area contributed by atoms with Crippen molar-refractivity contribution in [2.24, 2.45) is 0 Å². The third-order valence-corrected chi connectivity index (χ3v) is 2.72. The molecule has 2 rings (SSSR count). The van der Waals surface area contributed by atoms with E-state index in [2.05, 4.69) is 15.6 Å². The Balaban J connectivity index is 1.95. The van der Waals surface area contributed by atoms with Crippen molar-refractivity contribution in [1.29, 1.82) is 0 Å². The number of amides is 2. The number of carbonyl (C=O) groups is 2. The second-order valence-corrected chi connectivity index (χ2v) is 4.30. The number of hydrogen-bond donors (Lipinski definition) is 2. The van der Waals surface area contributed by atoms with E-state index in [1.807, 2.05) is 6.92 Å². The molecule has 20 heavy (non-hydrogen) atoms. The lowest BCUT2D eigenvalue weighted by molar-refractivity contribution is -0.114. The number of nitrogens with zero attached hydrogens (tertiary/aromatic N) is 1. The normalized spacial score (nSPS) is 10.1. The molecule has 104 valence electrons.